The summed E-state index contributed by atoms with van der Waals surface area (Å²) in [6, 6.07) is 4.92. The number of carbonyl (C=O) groups is 2. The minimum absolute atomic E-state index is 0.115. The number of aromatic amines is 1. The van der Waals surface area contributed by atoms with E-state index in [9.17, 15) is 9.59 Å². The van der Waals surface area contributed by atoms with E-state index in [1.165, 1.54) is 0 Å². The van der Waals surface area contributed by atoms with E-state index in [0.717, 1.165) is 24.8 Å². The Bertz CT molecular complexity index is 777. The van der Waals surface area contributed by atoms with Crippen LogP contribution in [0.2, 0.25) is 0 Å². The van der Waals surface area contributed by atoms with Crippen LogP contribution in [0.5, 0.6) is 0 Å². The lowest BCUT2D eigenvalue weighted by molar-refractivity contribution is -0.124. The molecule has 2 aromatic rings. The maximum atomic E-state index is 12.8. The topological polar surface area (TPSA) is 66.3 Å². The minimum atomic E-state index is -0.292. The fourth-order valence-electron chi connectivity index (χ4n) is 2.99. The third-order valence-electron chi connectivity index (χ3n) is 4.15. The number of H-pyrrole nitrogens is 1. The Morgan fingerprint density at radius 1 is 1.41 bits per heavy atom. The highest BCUT2D eigenvalue weighted by Gasteiger charge is 2.31. The van der Waals surface area contributed by atoms with E-state index in [0.29, 0.717) is 24.1 Å². The molecule has 2 heterocycles. The van der Waals surface area contributed by atoms with Crippen molar-refractivity contribution in [2.75, 3.05) is 6.54 Å². The summed E-state index contributed by atoms with van der Waals surface area (Å²) in [6.45, 7) is 2.47. The van der Waals surface area contributed by atoms with Gasteiger partial charge in [0.15, 0.2) is 11.4 Å². The van der Waals surface area contributed by atoms with Crippen molar-refractivity contribution in [1.82, 2.24) is 9.88 Å². The first kappa shape index (κ1) is 15.0. The van der Waals surface area contributed by atoms with Gasteiger partial charge in [0.05, 0.1) is 11.6 Å². The average molecular weight is 318 g/mol. The molecule has 0 radical (unpaired) electrons. The highest BCUT2D eigenvalue weighted by atomic mass is 32.1. The molecule has 1 aliphatic heterocycles. The van der Waals surface area contributed by atoms with Crippen molar-refractivity contribution < 1.29 is 14.0 Å². The Labute approximate surface area is 133 Å². The summed E-state index contributed by atoms with van der Waals surface area (Å²) in [6.07, 6.45) is 3.14. The normalized spacial score (nSPS) is 18.6. The number of likely N-dealkylation sites (tertiary alicyclic amines) is 1. The van der Waals surface area contributed by atoms with Gasteiger partial charge in [0.2, 0.25) is 0 Å². The highest BCUT2D eigenvalue weighted by molar-refractivity contribution is 7.71. The van der Waals surface area contributed by atoms with Crippen LogP contribution in [-0.2, 0) is 4.79 Å². The van der Waals surface area contributed by atoms with Gasteiger partial charge in [-0.1, -0.05) is 6.92 Å². The smallest absolute Gasteiger partial charge is 0.266 e. The zero-order chi connectivity index (χ0) is 15.7. The first-order valence-corrected chi connectivity index (χ1v) is 7.97. The number of fused-ring (bicyclic) bond motifs is 1. The third kappa shape index (κ3) is 2.70. The number of benzene rings is 1. The summed E-state index contributed by atoms with van der Waals surface area (Å²) in [4.78, 5) is 29.8. The van der Waals surface area contributed by atoms with Crippen LogP contribution in [0.1, 0.15) is 43.0 Å². The number of rotatable bonds is 3. The van der Waals surface area contributed by atoms with Crippen LogP contribution < -0.4 is 0 Å². The molecule has 1 aromatic heterocycles. The second-order valence-corrected chi connectivity index (χ2v) is 5.93. The lowest BCUT2D eigenvalue weighted by Gasteiger charge is -2.34. The minimum Gasteiger partial charge on any atom is -0.429 e. The number of nitrogens with one attached hydrogen (secondary N) is 1. The number of amides is 1. The molecule has 0 bridgehead atoms. The predicted octanol–water partition coefficient (Wildman–Crippen LogP) is 3.46. The molecule has 0 aliphatic carbocycles. The van der Waals surface area contributed by atoms with Gasteiger partial charge in [-0.2, -0.15) is 0 Å². The van der Waals surface area contributed by atoms with Gasteiger partial charge in [0.25, 0.3) is 10.7 Å². The molecule has 0 spiro atoms. The summed E-state index contributed by atoms with van der Waals surface area (Å²) in [5.41, 5.74) is 1.86. The van der Waals surface area contributed by atoms with Gasteiger partial charge in [-0.05, 0) is 49.7 Å². The molecule has 5 nitrogen and oxygen atoms in total. The van der Waals surface area contributed by atoms with Gasteiger partial charge < -0.3 is 14.3 Å². The van der Waals surface area contributed by atoms with Crippen molar-refractivity contribution in [3.05, 3.63) is 28.6 Å². The largest absolute Gasteiger partial charge is 0.429 e. The lowest BCUT2D eigenvalue weighted by Crippen LogP contribution is -2.47. The van der Waals surface area contributed by atoms with E-state index in [1.54, 1.807) is 23.1 Å². The van der Waals surface area contributed by atoms with Crippen LogP contribution in [0.4, 0.5) is 0 Å². The average Bonchev–Trinajstić information content (AvgIpc) is 2.92. The van der Waals surface area contributed by atoms with Crippen LogP contribution in [0.3, 0.4) is 0 Å². The summed E-state index contributed by atoms with van der Waals surface area (Å²) < 4.78 is 5.36. The van der Waals surface area contributed by atoms with E-state index in [-0.39, 0.29) is 22.6 Å². The van der Waals surface area contributed by atoms with Crippen LogP contribution in [0, 0.1) is 4.84 Å². The summed E-state index contributed by atoms with van der Waals surface area (Å²) in [5, 5.41) is 0. The van der Waals surface area contributed by atoms with E-state index >= 15 is 0 Å². The van der Waals surface area contributed by atoms with Gasteiger partial charge in [0, 0.05) is 18.5 Å². The van der Waals surface area contributed by atoms with E-state index in [2.05, 4.69) is 4.98 Å². The second-order valence-electron chi connectivity index (χ2n) is 5.56. The third-order valence-corrected chi connectivity index (χ3v) is 4.34. The van der Waals surface area contributed by atoms with Gasteiger partial charge >= 0.3 is 0 Å². The molecule has 1 fully saturated rings. The van der Waals surface area contributed by atoms with Crippen LogP contribution in [0.15, 0.2) is 22.6 Å². The van der Waals surface area contributed by atoms with Crippen molar-refractivity contribution in [2.45, 2.75) is 38.6 Å². The fourth-order valence-corrected chi connectivity index (χ4v) is 3.19. The van der Waals surface area contributed by atoms with Crippen LogP contribution >= 0.6 is 12.2 Å². The first-order valence-electron chi connectivity index (χ1n) is 7.56. The molecule has 1 N–H and O–H groups in total. The number of oxazole rings is 1. The summed E-state index contributed by atoms with van der Waals surface area (Å²) >= 11 is 4.95. The van der Waals surface area contributed by atoms with Crippen molar-refractivity contribution in [2.24, 2.45) is 0 Å². The standard InChI is InChI=1S/C16H18N2O3S/c1-2-13(19)12-5-3-4-8-18(12)15(20)10-6-7-11-14(9-10)21-16(22)17-11/h6-7,9,12H,2-5,8H2,1H3,(H,17,22)/t12-/m1/s1. The zero-order valence-electron chi connectivity index (χ0n) is 12.4. The molecular weight excluding hydrogens is 300 g/mol. The number of ketones is 1. The molecule has 1 amide bonds. The number of piperidine rings is 1. The van der Waals surface area contributed by atoms with Crippen molar-refractivity contribution in [3.63, 3.8) is 0 Å². The number of hydrogen-bond acceptors (Lipinski definition) is 4. The number of carbonyl (C=O) groups excluding carboxylic acids is 2. The Morgan fingerprint density at radius 3 is 3.00 bits per heavy atom. The lowest BCUT2D eigenvalue weighted by atomic mass is 9.96. The molecular formula is C16H18N2O3S. The Morgan fingerprint density at radius 2 is 2.23 bits per heavy atom. The zero-order valence-corrected chi connectivity index (χ0v) is 13.2. The predicted molar refractivity (Wildman–Crippen MR) is 85.4 cm³/mol. The molecule has 1 aromatic carbocycles. The van der Waals surface area contributed by atoms with E-state index in [1.807, 2.05) is 6.92 Å². The highest BCUT2D eigenvalue weighted by Crippen LogP contribution is 2.23. The van der Waals surface area contributed by atoms with Gasteiger partial charge in [-0.3, -0.25) is 9.59 Å². The molecule has 116 valence electrons. The second kappa shape index (κ2) is 6.04. The summed E-state index contributed by atoms with van der Waals surface area (Å²) in [5.74, 6) is 0.0176. The molecule has 6 heteroatoms. The maximum absolute atomic E-state index is 12.8. The number of Topliss-reactive ketones (excluding diaryl/α,β-unsaturated/α-hetero) is 1. The molecule has 1 aliphatic rings. The maximum Gasteiger partial charge on any atom is 0.266 e. The molecule has 3 rings (SSSR count). The fraction of sp³-hybridized carbons (Fsp3) is 0.438. The Balaban J connectivity index is 1.92. The first-order chi connectivity index (χ1) is 10.6. The molecule has 0 unspecified atom stereocenters. The number of aromatic nitrogens is 1. The SMILES string of the molecule is CCC(=O)[C@H]1CCCCN1C(=O)c1ccc2[nH]c(=S)oc2c1. The Kier molecular flexibility index (Phi) is 4.11. The van der Waals surface area contributed by atoms with Crippen LogP contribution in [-0.4, -0.2) is 34.2 Å². The van der Waals surface area contributed by atoms with Gasteiger partial charge in [0.1, 0.15) is 0 Å². The summed E-state index contributed by atoms with van der Waals surface area (Å²) in [7, 11) is 0. The molecule has 0 saturated carbocycles. The Hall–Kier alpha value is -1.95. The molecule has 1 atom stereocenters. The number of nitrogens with zero attached hydrogens (tertiary/aromatic N) is 1. The monoisotopic (exact) mass is 318 g/mol. The quantitative estimate of drug-likeness (QED) is 0.880. The van der Waals surface area contributed by atoms with E-state index in [4.69, 9.17) is 16.6 Å². The van der Waals surface area contributed by atoms with Crippen molar-refractivity contribution in [3.8, 4) is 0 Å². The number of hydrogen-bond donors (Lipinski definition) is 1. The molecule has 1 saturated heterocycles. The van der Waals surface area contributed by atoms with Gasteiger partial charge in [-0.15, -0.1) is 0 Å². The van der Waals surface area contributed by atoms with Crippen molar-refractivity contribution >= 4 is 35.0 Å². The van der Waals surface area contributed by atoms with E-state index < -0.39 is 0 Å². The molecule has 22 heavy (non-hydrogen) atoms. The van der Waals surface area contributed by atoms with Crippen molar-refractivity contribution in [1.29, 1.82) is 0 Å². The van der Waals surface area contributed by atoms with Gasteiger partial charge in [-0.25, -0.2) is 0 Å². The van der Waals surface area contributed by atoms with Crippen LogP contribution in [0.25, 0.3) is 11.1 Å².